The van der Waals surface area contributed by atoms with Crippen molar-refractivity contribution in [3.05, 3.63) is 34.7 Å². The summed E-state index contributed by atoms with van der Waals surface area (Å²) < 4.78 is 0. The van der Waals surface area contributed by atoms with Gasteiger partial charge in [-0.25, -0.2) is 9.97 Å². The van der Waals surface area contributed by atoms with E-state index >= 15 is 0 Å². The summed E-state index contributed by atoms with van der Waals surface area (Å²) in [6.45, 7) is 2.04. The maximum absolute atomic E-state index is 5.92. The van der Waals surface area contributed by atoms with E-state index in [0.29, 0.717) is 0 Å². The predicted molar refractivity (Wildman–Crippen MR) is 73.1 cm³/mol. The molecule has 3 aromatic rings. The highest BCUT2D eigenvalue weighted by atomic mass is 35.5. The summed E-state index contributed by atoms with van der Waals surface area (Å²) in [6, 6.07) is 2.08. The van der Waals surface area contributed by atoms with Crippen LogP contribution in [0.5, 0.6) is 0 Å². The number of halogens is 1. The van der Waals surface area contributed by atoms with Gasteiger partial charge >= 0.3 is 0 Å². The van der Waals surface area contributed by atoms with Crippen molar-refractivity contribution in [3.8, 4) is 0 Å². The van der Waals surface area contributed by atoms with Crippen LogP contribution in [0, 0.1) is 0 Å². The molecule has 0 aromatic carbocycles. The van der Waals surface area contributed by atoms with Crippen LogP contribution in [0.2, 0.25) is 5.28 Å². The summed E-state index contributed by atoms with van der Waals surface area (Å²) in [7, 11) is 0. The van der Waals surface area contributed by atoms with Crippen LogP contribution in [-0.2, 0) is 0 Å². The zero-order chi connectivity index (χ0) is 12.5. The molecule has 18 heavy (non-hydrogen) atoms. The topological polar surface area (TPSA) is 66.5 Å². The zero-order valence-corrected chi connectivity index (χ0v) is 11.1. The maximum Gasteiger partial charge on any atom is 0.225 e. The van der Waals surface area contributed by atoms with Crippen LogP contribution in [-0.4, -0.2) is 20.2 Å². The van der Waals surface area contributed by atoms with Crippen molar-refractivity contribution in [2.75, 3.05) is 5.32 Å². The predicted octanol–water partition coefficient (Wildman–Crippen LogP) is 3.24. The van der Waals surface area contributed by atoms with Gasteiger partial charge in [0.25, 0.3) is 0 Å². The van der Waals surface area contributed by atoms with Gasteiger partial charge < -0.3 is 5.32 Å². The van der Waals surface area contributed by atoms with E-state index in [1.165, 1.54) is 0 Å². The molecule has 2 N–H and O–H groups in total. The fourth-order valence-corrected chi connectivity index (χ4v) is 2.71. The first kappa shape index (κ1) is 11.4. The Balaban J connectivity index is 1.97. The highest BCUT2D eigenvalue weighted by molar-refractivity contribution is 7.16. The van der Waals surface area contributed by atoms with Crippen LogP contribution in [0.15, 0.2) is 23.8 Å². The summed E-state index contributed by atoms with van der Waals surface area (Å²) in [5, 5.41) is 13.3. The summed E-state index contributed by atoms with van der Waals surface area (Å²) in [5.74, 6) is 0.750. The third-order valence-electron chi connectivity index (χ3n) is 2.67. The van der Waals surface area contributed by atoms with Crippen LogP contribution in [0.4, 0.5) is 5.82 Å². The van der Waals surface area contributed by atoms with E-state index in [9.17, 15) is 0 Å². The monoisotopic (exact) mass is 279 g/mol. The number of nitrogens with zero attached hydrogens (tertiary/aromatic N) is 3. The third-order valence-corrected chi connectivity index (χ3v) is 3.65. The van der Waals surface area contributed by atoms with Crippen LogP contribution in [0.3, 0.4) is 0 Å². The Kier molecular flexibility index (Phi) is 2.89. The Bertz CT molecular complexity index is 663. The van der Waals surface area contributed by atoms with Crippen LogP contribution in [0.1, 0.15) is 18.5 Å². The number of fused-ring (bicyclic) bond motifs is 1. The standard InChI is InChI=1S/C11H10ClN5S/c1-6(7-4-13-14-5-7)15-9-8-2-3-18-10(8)17-11(12)16-9/h2-6H,1H3,(H,13,14)(H,15,16,17). The summed E-state index contributed by atoms with van der Waals surface area (Å²) in [4.78, 5) is 9.31. The molecule has 1 atom stereocenters. The second kappa shape index (κ2) is 4.55. The second-order valence-electron chi connectivity index (χ2n) is 3.88. The molecule has 0 aliphatic rings. The number of aromatic nitrogens is 4. The van der Waals surface area contributed by atoms with E-state index in [2.05, 4.69) is 25.5 Å². The van der Waals surface area contributed by atoms with Crippen LogP contribution >= 0.6 is 22.9 Å². The van der Waals surface area contributed by atoms with E-state index in [4.69, 9.17) is 11.6 Å². The van der Waals surface area contributed by atoms with Gasteiger partial charge in [-0.2, -0.15) is 5.10 Å². The fourth-order valence-electron chi connectivity index (χ4n) is 1.73. The molecule has 5 nitrogen and oxygen atoms in total. The molecule has 0 radical (unpaired) electrons. The minimum absolute atomic E-state index is 0.0952. The molecule has 0 bridgehead atoms. The number of hydrogen-bond acceptors (Lipinski definition) is 5. The van der Waals surface area contributed by atoms with E-state index in [-0.39, 0.29) is 11.3 Å². The minimum atomic E-state index is 0.0952. The van der Waals surface area contributed by atoms with Gasteiger partial charge in [-0.05, 0) is 30.0 Å². The lowest BCUT2D eigenvalue weighted by atomic mass is 10.2. The Morgan fingerprint density at radius 1 is 1.44 bits per heavy atom. The minimum Gasteiger partial charge on any atom is -0.363 e. The maximum atomic E-state index is 5.92. The van der Waals surface area contributed by atoms with E-state index in [0.717, 1.165) is 21.6 Å². The zero-order valence-electron chi connectivity index (χ0n) is 9.51. The number of nitrogens with one attached hydrogen (secondary N) is 2. The summed E-state index contributed by atoms with van der Waals surface area (Å²) >= 11 is 7.46. The smallest absolute Gasteiger partial charge is 0.225 e. The molecule has 0 spiro atoms. The summed E-state index contributed by atoms with van der Waals surface area (Å²) in [5.41, 5.74) is 1.06. The summed E-state index contributed by atoms with van der Waals surface area (Å²) in [6.07, 6.45) is 3.64. The normalized spacial score (nSPS) is 12.8. The van der Waals surface area contributed by atoms with E-state index < -0.39 is 0 Å². The highest BCUT2D eigenvalue weighted by Gasteiger charge is 2.12. The fraction of sp³-hybridized carbons (Fsp3) is 0.182. The van der Waals surface area contributed by atoms with Crippen LogP contribution < -0.4 is 5.32 Å². The van der Waals surface area contributed by atoms with Crippen molar-refractivity contribution >= 4 is 39.0 Å². The highest BCUT2D eigenvalue weighted by Crippen LogP contribution is 2.28. The molecule has 7 heteroatoms. The Morgan fingerprint density at radius 2 is 2.33 bits per heavy atom. The van der Waals surface area contributed by atoms with Gasteiger partial charge in [0.2, 0.25) is 5.28 Å². The van der Waals surface area contributed by atoms with Gasteiger partial charge in [-0.1, -0.05) is 0 Å². The van der Waals surface area contributed by atoms with Gasteiger partial charge in [0, 0.05) is 11.8 Å². The van der Waals surface area contributed by atoms with Crippen molar-refractivity contribution in [2.24, 2.45) is 0 Å². The van der Waals surface area contributed by atoms with E-state index in [1.54, 1.807) is 17.5 Å². The molecule has 1 unspecified atom stereocenters. The molecule has 0 saturated heterocycles. The third kappa shape index (κ3) is 2.04. The SMILES string of the molecule is CC(Nc1nc(Cl)nc2sccc12)c1cn[nH]c1. The lowest BCUT2D eigenvalue weighted by Gasteiger charge is -2.13. The molecule has 3 heterocycles. The number of anilines is 1. The molecule has 0 aliphatic carbocycles. The first-order valence-electron chi connectivity index (χ1n) is 5.40. The van der Waals surface area contributed by atoms with Crippen molar-refractivity contribution in [1.29, 1.82) is 0 Å². The molecule has 3 rings (SSSR count). The van der Waals surface area contributed by atoms with Crippen LogP contribution in [0.25, 0.3) is 10.2 Å². The lowest BCUT2D eigenvalue weighted by Crippen LogP contribution is -2.07. The van der Waals surface area contributed by atoms with Gasteiger partial charge in [0.15, 0.2) is 0 Å². The molecular weight excluding hydrogens is 270 g/mol. The largest absolute Gasteiger partial charge is 0.363 e. The van der Waals surface area contributed by atoms with Gasteiger partial charge in [-0.15, -0.1) is 11.3 Å². The van der Waals surface area contributed by atoms with Crippen molar-refractivity contribution in [2.45, 2.75) is 13.0 Å². The van der Waals surface area contributed by atoms with Crippen molar-refractivity contribution in [3.63, 3.8) is 0 Å². The Labute approximate surface area is 112 Å². The number of hydrogen-bond donors (Lipinski definition) is 2. The molecule has 0 amide bonds. The molecule has 3 aromatic heterocycles. The Morgan fingerprint density at radius 3 is 3.11 bits per heavy atom. The number of H-pyrrole nitrogens is 1. The molecule has 92 valence electrons. The van der Waals surface area contributed by atoms with Gasteiger partial charge in [-0.3, -0.25) is 5.10 Å². The average Bonchev–Trinajstić information content (AvgIpc) is 2.98. The Hall–Kier alpha value is -1.66. The number of aromatic amines is 1. The molecule has 0 fully saturated rings. The second-order valence-corrected chi connectivity index (χ2v) is 5.11. The number of rotatable bonds is 3. The quantitative estimate of drug-likeness (QED) is 0.722. The first-order chi connectivity index (χ1) is 8.74. The average molecular weight is 280 g/mol. The van der Waals surface area contributed by atoms with Gasteiger partial charge in [0.1, 0.15) is 10.6 Å². The molecular formula is C11H10ClN5S. The first-order valence-corrected chi connectivity index (χ1v) is 6.66. The molecule has 0 aliphatic heterocycles. The molecule has 0 saturated carbocycles. The van der Waals surface area contributed by atoms with Gasteiger partial charge in [0.05, 0.1) is 17.6 Å². The van der Waals surface area contributed by atoms with E-state index in [1.807, 2.05) is 24.6 Å². The van der Waals surface area contributed by atoms with Crippen molar-refractivity contribution in [1.82, 2.24) is 20.2 Å². The lowest BCUT2D eigenvalue weighted by molar-refractivity contribution is 0.877. The van der Waals surface area contributed by atoms with Crippen molar-refractivity contribution < 1.29 is 0 Å². The number of thiophene rings is 1.